The van der Waals surface area contributed by atoms with Crippen molar-refractivity contribution in [3.63, 3.8) is 0 Å². The van der Waals surface area contributed by atoms with Crippen molar-refractivity contribution < 1.29 is 4.74 Å². The van der Waals surface area contributed by atoms with Crippen LogP contribution in [-0.2, 0) is 4.74 Å². The van der Waals surface area contributed by atoms with E-state index in [1.807, 2.05) is 6.20 Å². The molecule has 0 radical (unpaired) electrons. The Morgan fingerprint density at radius 1 is 1.32 bits per heavy atom. The van der Waals surface area contributed by atoms with Gasteiger partial charge in [0.1, 0.15) is 5.82 Å². The lowest BCUT2D eigenvalue weighted by atomic mass is 10.2. The zero-order chi connectivity index (χ0) is 13.1. The third-order valence-corrected chi connectivity index (χ3v) is 4.03. The normalized spacial score (nSPS) is 26.9. The summed E-state index contributed by atoms with van der Waals surface area (Å²) in [6, 6.07) is 4.24. The van der Waals surface area contributed by atoms with Crippen LogP contribution in [0.2, 0.25) is 0 Å². The molecule has 4 nitrogen and oxygen atoms in total. The molecule has 0 saturated carbocycles. The Morgan fingerprint density at radius 2 is 2.16 bits per heavy atom. The molecule has 0 amide bonds. The minimum absolute atomic E-state index is 0.355. The Labute approximate surface area is 115 Å². The molecule has 2 aliphatic rings. The molecule has 19 heavy (non-hydrogen) atoms. The van der Waals surface area contributed by atoms with Gasteiger partial charge in [0, 0.05) is 19.6 Å². The first-order valence-electron chi connectivity index (χ1n) is 7.41. The SMILES string of the molecule is CC1CCC(CNc2ccc(N3CCCC3)nc2)O1. The third kappa shape index (κ3) is 3.18. The lowest BCUT2D eigenvalue weighted by Crippen LogP contribution is -2.20. The van der Waals surface area contributed by atoms with Crippen LogP contribution in [0.4, 0.5) is 11.5 Å². The molecule has 3 rings (SSSR count). The molecule has 2 atom stereocenters. The van der Waals surface area contributed by atoms with Crippen LogP contribution < -0.4 is 10.2 Å². The van der Waals surface area contributed by atoms with E-state index in [4.69, 9.17) is 4.74 Å². The highest BCUT2D eigenvalue weighted by atomic mass is 16.5. The number of ether oxygens (including phenoxy) is 1. The second kappa shape index (κ2) is 5.78. The maximum Gasteiger partial charge on any atom is 0.128 e. The molecule has 0 bridgehead atoms. The van der Waals surface area contributed by atoms with Gasteiger partial charge in [0.05, 0.1) is 24.1 Å². The minimum atomic E-state index is 0.355. The summed E-state index contributed by atoms with van der Waals surface area (Å²) in [6.45, 7) is 5.32. The van der Waals surface area contributed by atoms with E-state index in [9.17, 15) is 0 Å². The lowest BCUT2D eigenvalue weighted by Gasteiger charge is -2.17. The van der Waals surface area contributed by atoms with E-state index in [-0.39, 0.29) is 0 Å². The molecule has 3 heterocycles. The van der Waals surface area contributed by atoms with Gasteiger partial charge in [-0.3, -0.25) is 0 Å². The van der Waals surface area contributed by atoms with Crippen LogP contribution >= 0.6 is 0 Å². The van der Waals surface area contributed by atoms with Crippen LogP contribution in [0, 0.1) is 0 Å². The maximum atomic E-state index is 5.80. The number of hydrogen-bond donors (Lipinski definition) is 1. The van der Waals surface area contributed by atoms with Gasteiger partial charge in [0.2, 0.25) is 0 Å². The second-order valence-corrected chi connectivity index (χ2v) is 5.63. The fourth-order valence-corrected chi connectivity index (χ4v) is 2.89. The second-order valence-electron chi connectivity index (χ2n) is 5.63. The number of nitrogens with zero attached hydrogens (tertiary/aromatic N) is 2. The van der Waals surface area contributed by atoms with E-state index in [0.717, 1.165) is 37.6 Å². The van der Waals surface area contributed by atoms with E-state index < -0.39 is 0 Å². The standard InChI is InChI=1S/C15H23N3O/c1-12-4-6-14(19-12)11-16-13-5-7-15(17-10-13)18-8-2-3-9-18/h5,7,10,12,14,16H,2-4,6,8-9,11H2,1H3. The van der Waals surface area contributed by atoms with E-state index >= 15 is 0 Å². The van der Waals surface area contributed by atoms with Crippen LogP contribution in [0.1, 0.15) is 32.6 Å². The average Bonchev–Trinajstić information content (AvgIpc) is 3.08. The molecule has 104 valence electrons. The average molecular weight is 261 g/mol. The molecule has 2 saturated heterocycles. The van der Waals surface area contributed by atoms with Crippen LogP contribution in [-0.4, -0.2) is 36.8 Å². The van der Waals surface area contributed by atoms with Gasteiger partial charge in [0.25, 0.3) is 0 Å². The maximum absolute atomic E-state index is 5.80. The molecule has 2 aliphatic heterocycles. The summed E-state index contributed by atoms with van der Waals surface area (Å²) in [6.07, 6.45) is 7.63. The highest BCUT2D eigenvalue weighted by molar-refractivity contribution is 5.49. The Kier molecular flexibility index (Phi) is 3.87. The highest BCUT2D eigenvalue weighted by Gasteiger charge is 2.21. The Bertz CT molecular complexity index is 400. The highest BCUT2D eigenvalue weighted by Crippen LogP contribution is 2.21. The molecule has 1 aromatic heterocycles. The summed E-state index contributed by atoms with van der Waals surface area (Å²) in [5.74, 6) is 1.11. The van der Waals surface area contributed by atoms with Gasteiger partial charge < -0.3 is 15.0 Å². The van der Waals surface area contributed by atoms with E-state index in [2.05, 4.69) is 34.3 Å². The first-order valence-corrected chi connectivity index (χ1v) is 7.41. The largest absolute Gasteiger partial charge is 0.381 e. The molecule has 2 fully saturated rings. The predicted molar refractivity (Wildman–Crippen MR) is 77.7 cm³/mol. The molecule has 4 heteroatoms. The van der Waals surface area contributed by atoms with Crippen LogP contribution in [0.25, 0.3) is 0 Å². The van der Waals surface area contributed by atoms with Crippen molar-refractivity contribution in [1.82, 2.24) is 4.98 Å². The zero-order valence-electron chi connectivity index (χ0n) is 11.6. The molecular weight excluding hydrogens is 238 g/mol. The Hall–Kier alpha value is -1.29. The molecule has 1 aromatic rings. The zero-order valence-corrected chi connectivity index (χ0v) is 11.6. The lowest BCUT2D eigenvalue weighted by molar-refractivity contribution is 0.0637. The monoisotopic (exact) mass is 261 g/mol. The van der Waals surface area contributed by atoms with Crippen molar-refractivity contribution >= 4 is 11.5 Å². The first kappa shape index (κ1) is 12.7. The Balaban J connectivity index is 1.51. The predicted octanol–water partition coefficient (Wildman–Crippen LogP) is 2.66. The first-order chi connectivity index (χ1) is 9.31. The fraction of sp³-hybridized carbons (Fsp3) is 0.667. The third-order valence-electron chi connectivity index (χ3n) is 4.03. The van der Waals surface area contributed by atoms with Gasteiger partial charge in [0.15, 0.2) is 0 Å². The summed E-state index contributed by atoms with van der Waals surface area (Å²) < 4.78 is 5.80. The van der Waals surface area contributed by atoms with E-state index in [1.54, 1.807) is 0 Å². The summed E-state index contributed by atoms with van der Waals surface area (Å²) in [5.41, 5.74) is 1.09. The Morgan fingerprint density at radius 3 is 2.79 bits per heavy atom. The van der Waals surface area contributed by atoms with Crippen LogP contribution in [0.15, 0.2) is 18.3 Å². The summed E-state index contributed by atoms with van der Waals surface area (Å²) >= 11 is 0. The molecular formula is C15H23N3O. The van der Waals surface area contributed by atoms with Gasteiger partial charge in [-0.2, -0.15) is 0 Å². The van der Waals surface area contributed by atoms with Crippen molar-refractivity contribution in [2.45, 2.75) is 44.8 Å². The van der Waals surface area contributed by atoms with Gasteiger partial charge >= 0.3 is 0 Å². The van der Waals surface area contributed by atoms with Crippen molar-refractivity contribution in [1.29, 1.82) is 0 Å². The summed E-state index contributed by atoms with van der Waals surface area (Å²) in [7, 11) is 0. The van der Waals surface area contributed by atoms with E-state index in [1.165, 1.54) is 19.3 Å². The fourth-order valence-electron chi connectivity index (χ4n) is 2.89. The number of aromatic nitrogens is 1. The van der Waals surface area contributed by atoms with Crippen molar-refractivity contribution in [3.8, 4) is 0 Å². The molecule has 0 spiro atoms. The molecule has 0 aromatic carbocycles. The molecule has 2 unspecified atom stereocenters. The summed E-state index contributed by atoms with van der Waals surface area (Å²) in [5, 5.41) is 3.42. The number of hydrogen-bond acceptors (Lipinski definition) is 4. The number of anilines is 2. The quantitative estimate of drug-likeness (QED) is 0.904. The van der Waals surface area contributed by atoms with Crippen molar-refractivity contribution in [3.05, 3.63) is 18.3 Å². The molecule has 0 aliphatic carbocycles. The van der Waals surface area contributed by atoms with Crippen molar-refractivity contribution in [2.75, 3.05) is 29.9 Å². The van der Waals surface area contributed by atoms with Crippen LogP contribution in [0.3, 0.4) is 0 Å². The minimum Gasteiger partial charge on any atom is -0.381 e. The van der Waals surface area contributed by atoms with Gasteiger partial charge in [-0.1, -0.05) is 0 Å². The van der Waals surface area contributed by atoms with Gasteiger partial charge in [-0.05, 0) is 44.7 Å². The van der Waals surface area contributed by atoms with Gasteiger partial charge in [-0.25, -0.2) is 4.98 Å². The van der Waals surface area contributed by atoms with Crippen molar-refractivity contribution in [2.24, 2.45) is 0 Å². The van der Waals surface area contributed by atoms with Crippen LogP contribution in [0.5, 0.6) is 0 Å². The number of nitrogens with one attached hydrogen (secondary N) is 1. The van der Waals surface area contributed by atoms with E-state index in [0.29, 0.717) is 12.2 Å². The topological polar surface area (TPSA) is 37.4 Å². The van der Waals surface area contributed by atoms with Gasteiger partial charge in [-0.15, -0.1) is 0 Å². The smallest absolute Gasteiger partial charge is 0.128 e. The number of rotatable bonds is 4. The summed E-state index contributed by atoms with van der Waals surface area (Å²) in [4.78, 5) is 6.90. The molecule has 1 N–H and O–H groups in total. The number of pyridine rings is 1.